The molecule has 3 heteroatoms. The van der Waals surface area contributed by atoms with Gasteiger partial charge in [0.2, 0.25) is 0 Å². The van der Waals surface area contributed by atoms with Crippen LogP contribution in [0.3, 0.4) is 0 Å². The Morgan fingerprint density at radius 3 is 2.81 bits per heavy atom. The second-order valence-electron chi connectivity index (χ2n) is 5.05. The topological polar surface area (TPSA) is 27.1 Å². The van der Waals surface area contributed by atoms with E-state index in [-0.39, 0.29) is 0 Å². The molecule has 1 aromatic carbocycles. The summed E-state index contributed by atoms with van der Waals surface area (Å²) in [5.74, 6) is 0.941. The van der Waals surface area contributed by atoms with Gasteiger partial charge in [-0.2, -0.15) is 0 Å². The molecule has 0 radical (unpaired) electrons. The van der Waals surface area contributed by atoms with Crippen LogP contribution in [0.2, 0.25) is 0 Å². The summed E-state index contributed by atoms with van der Waals surface area (Å²) in [7, 11) is 0. The summed E-state index contributed by atoms with van der Waals surface area (Å²) in [6, 6.07) is 8.19. The Bertz CT molecular complexity index is 558. The molecule has 0 saturated heterocycles. The Morgan fingerprint density at radius 2 is 2.10 bits per heavy atom. The third-order valence-electron chi connectivity index (χ3n) is 3.47. The van der Waals surface area contributed by atoms with Crippen molar-refractivity contribution < 1.29 is 4.74 Å². The van der Waals surface area contributed by atoms with E-state index < -0.39 is 0 Å². The fourth-order valence-electron chi connectivity index (χ4n) is 2.36. The lowest BCUT2D eigenvalue weighted by atomic mass is 10.1. The number of benzene rings is 1. The zero-order valence-corrected chi connectivity index (χ0v) is 13.0. The number of rotatable bonds is 8. The Balaban J connectivity index is 2.09. The van der Waals surface area contributed by atoms with Crippen molar-refractivity contribution in [3.63, 3.8) is 0 Å². The third kappa shape index (κ3) is 4.22. The normalized spacial score (nSPS) is 11.6. The lowest BCUT2D eigenvalue weighted by molar-refractivity contribution is 0.304. The summed E-state index contributed by atoms with van der Waals surface area (Å²) in [6.07, 6.45) is 12.5. The number of allylic oxidation sites excluding steroid dienone is 1. The summed E-state index contributed by atoms with van der Waals surface area (Å²) >= 11 is 0. The molecule has 0 spiro atoms. The molecule has 0 aliphatic heterocycles. The van der Waals surface area contributed by atoms with Crippen LogP contribution in [0.5, 0.6) is 5.75 Å². The van der Waals surface area contributed by atoms with Crippen LogP contribution in [0.4, 0.5) is 0 Å². The first-order chi connectivity index (χ1) is 10.4. The molecular formula is C18H24N2O. The molecule has 0 atom stereocenters. The Labute approximate surface area is 127 Å². The number of nitrogens with zero attached hydrogens (tertiary/aromatic N) is 2. The van der Waals surface area contributed by atoms with Gasteiger partial charge in [-0.1, -0.05) is 44.4 Å². The van der Waals surface area contributed by atoms with Gasteiger partial charge >= 0.3 is 0 Å². The van der Waals surface area contributed by atoms with Crippen LogP contribution in [0.15, 0.2) is 49.1 Å². The van der Waals surface area contributed by atoms with Crippen LogP contribution >= 0.6 is 0 Å². The van der Waals surface area contributed by atoms with Gasteiger partial charge in [-0.25, -0.2) is 4.98 Å². The van der Waals surface area contributed by atoms with Crippen LogP contribution in [-0.2, 0) is 0 Å². The minimum atomic E-state index is 0.776. The predicted octanol–water partition coefficient (Wildman–Crippen LogP) is 4.75. The molecular weight excluding hydrogens is 260 g/mol. The van der Waals surface area contributed by atoms with Gasteiger partial charge in [-0.3, -0.25) is 0 Å². The van der Waals surface area contributed by atoms with Crippen molar-refractivity contribution in [3.05, 3.63) is 54.6 Å². The quantitative estimate of drug-likeness (QED) is 0.654. The maximum absolute atomic E-state index is 5.99. The van der Waals surface area contributed by atoms with E-state index in [1.165, 1.54) is 19.3 Å². The standard InChI is InChI=1S/C18H24N2O/c1-3-5-6-9-14-21-18-11-8-7-10-16(18)17(4-2)20-13-12-19-15-20/h4,7-8,10-13,15H,3,5-6,9,14H2,1-2H3/b17-4-. The highest BCUT2D eigenvalue weighted by atomic mass is 16.5. The van der Waals surface area contributed by atoms with Crippen molar-refractivity contribution >= 4 is 5.70 Å². The molecule has 0 aliphatic rings. The highest BCUT2D eigenvalue weighted by molar-refractivity contribution is 5.70. The van der Waals surface area contributed by atoms with E-state index in [0.29, 0.717) is 0 Å². The molecule has 0 aliphatic carbocycles. The molecule has 0 unspecified atom stereocenters. The monoisotopic (exact) mass is 284 g/mol. The first-order valence-electron chi connectivity index (χ1n) is 7.73. The largest absolute Gasteiger partial charge is 0.493 e. The molecule has 3 nitrogen and oxygen atoms in total. The molecule has 2 aromatic rings. The van der Waals surface area contributed by atoms with Crippen molar-refractivity contribution in [2.75, 3.05) is 6.61 Å². The molecule has 21 heavy (non-hydrogen) atoms. The van der Waals surface area contributed by atoms with Crippen LogP contribution in [0.1, 0.15) is 45.1 Å². The second-order valence-corrected chi connectivity index (χ2v) is 5.05. The molecule has 112 valence electrons. The molecule has 0 amide bonds. The average molecular weight is 284 g/mol. The van der Waals surface area contributed by atoms with Crippen molar-refractivity contribution in [1.29, 1.82) is 0 Å². The molecule has 0 fully saturated rings. The SMILES string of the molecule is C/C=C(/c1ccccc1OCCCCCC)n1ccnc1. The number of hydrogen-bond acceptors (Lipinski definition) is 2. The maximum atomic E-state index is 5.99. The first kappa shape index (κ1) is 15.4. The highest BCUT2D eigenvalue weighted by Crippen LogP contribution is 2.27. The summed E-state index contributed by atoms with van der Waals surface area (Å²) in [4.78, 5) is 4.12. The third-order valence-corrected chi connectivity index (χ3v) is 3.47. The van der Waals surface area contributed by atoms with E-state index >= 15 is 0 Å². The summed E-state index contributed by atoms with van der Waals surface area (Å²) < 4.78 is 8.00. The average Bonchev–Trinajstić information content (AvgIpc) is 3.03. The molecule has 1 heterocycles. The van der Waals surface area contributed by atoms with Crippen LogP contribution in [0, 0.1) is 0 Å². The minimum Gasteiger partial charge on any atom is -0.493 e. The van der Waals surface area contributed by atoms with Gasteiger partial charge in [0.05, 0.1) is 18.6 Å². The van der Waals surface area contributed by atoms with Gasteiger partial charge in [0, 0.05) is 18.0 Å². The van der Waals surface area contributed by atoms with Gasteiger partial charge in [0.15, 0.2) is 0 Å². The second kappa shape index (κ2) is 8.30. The smallest absolute Gasteiger partial charge is 0.128 e. The molecule has 0 saturated carbocycles. The number of ether oxygens (including phenoxy) is 1. The molecule has 2 rings (SSSR count). The summed E-state index contributed by atoms with van der Waals surface area (Å²) in [5, 5.41) is 0. The number of hydrogen-bond donors (Lipinski definition) is 0. The van der Waals surface area contributed by atoms with Gasteiger partial charge in [-0.15, -0.1) is 0 Å². The lowest BCUT2D eigenvalue weighted by Gasteiger charge is -2.14. The van der Waals surface area contributed by atoms with Crippen LogP contribution in [0.25, 0.3) is 5.70 Å². The van der Waals surface area contributed by atoms with E-state index in [1.807, 2.05) is 42.2 Å². The lowest BCUT2D eigenvalue weighted by Crippen LogP contribution is -2.03. The van der Waals surface area contributed by atoms with Crippen molar-refractivity contribution in [2.45, 2.75) is 39.5 Å². The first-order valence-corrected chi connectivity index (χ1v) is 7.73. The number of aromatic nitrogens is 2. The molecule has 0 N–H and O–H groups in total. The van der Waals surface area contributed by atoms with Crippen molar-refractivity contribution in [2.24, 2.45) is 0 Å². The number of imidazole rings is 1. The van der Waals surface area contributed by atoms with Crippen molar-refractivity contribution in [3.8, 4) is 5.75 Å². The van der Waals surface area contributed by atoms with E-state index in [1.54, 1.807) is 6.20 Å². The van der Waals surface area contributed by atoms with E-state index in [9.17, 15) is 0 Å². The highest BCUT2D eigenvalue weighted by Gasteiger charge is 2.09. The van der Waals surface area contributed by atoms with Crippen molar-refractivity contribution in [1.82, 2.24) is 9.55 Å². The zero-order chi connectivity index (χ0) is 14.9. The Kier molecular flexibility index (Phi) is 6.07. The number of unbranched alkanes of at least 4 members (excludes halogenated alkanes) is 3. The van der Waals surface area contributed by atoms with E-state index in [4.69, 9.17) is 4.74 Å². The van der Waals surface area contributed by atoms with Gasteiger partial charge < -0.3 is 9.30 Å². The van der Waals surface area contributed by atoms with Crippen LogP contribution in [-0.4, -0.2) is 16.2 Å². The zero-order valence-electron chi connectivity index (χ0n) is 13.0. The Hall–Kier alpha value is -2.03. The summed E-state index contributed by atoms with van der Waals surface area (Å²) in [6.45, 7) is 5.03. The number of para-hydroxylation sites is 1. The van der Waals surface area contributed by atoms with Gasteiger partial charge in [0.25, 0.3) is 0 Å². The molecule has 0 bridgehead atoms. The van der Waals surface area contributed by atoms with Crippen LogP contribution < -0.4 is 4.74 Å². The summed E-state index contributed by atoms with van der Waals surface area (Å²) in [5.41, 5.74) is 2.20. The molecule has 1 aromatic heterocycles. The van der Waals surface area contributed by atoms with Gasteiger partial charge in [-0.05, 0) is 25.5 Å². The van der Waals surface area contributed by atoms with E-state index in [0.717, 1.165) is 30.0 Å². The fraction of sp³-hybridized carbons (Fsp3) is 0.389. The van der Waals surface area contributed by atoms with Gasteiger partial charge in [0.1, 0.15) is 5.75 Å². The predicted molar refractivity (Wildman–Crippen MR) is 87.4 cm³/mol. The Morgan fingerprint density at radius 1 is 1.24 bits per heavy atom. The maximum Gasteiger partial charge on any atom is 0.128 e. The fourth-order valence-corrected chi connectivity index (χ4v) is 2.36. The minimum absolute atomic E-state index is 0.776. The van der Waals surface area contributed by atoms with E-state index in [2.05, 4.69) is 24.1 Å².